The van der Waals surface area contributed by atoms with Crippen LogP contribution in [0.25, 0.3) is 0 Å². The average Bonchev–Trinajstić information content (AvgIpc) is 2.64. The first kappa shape index (κ1) is 14.6. The second kappa shape index (κ2) is 5.46. The van der Waals surface area contributed by atoms with Crippen LogP contribution >= 0.6 is 55.1 Å². The third-order valence-corrected chi connectivity index (χ3v) is 7.22. The van der Waals surface area contributed by atoms with E-state index < -0.39 is 0 Å². The summed E-state index contributed by atoms with van der Waals surface area (Å²) in [6.45, 7) is 4.54. The molecule has 1 rings (SSSR count). The molecule has 0 amide bonds. The fraction of sp³-hybridized carbons (Fsp3) is 1.00. The van der Waals surface area contributed by atoms with Gasteiger partial charge in [0.25, 0.3) is 0 Å². The molecule has 0 N–H and O–H groups in total. The molecule has 0 saturated heterocycles. The zero-order valence-corrected chi connectivity index (χ0v) is 13.9. The molecule has 2 unspecified atom stereocenters. The Hall–Kier alpha value is 1.54. The second-order valence-corrected chi connectivity index (χ2v) is 8.83. The van der Waals surface area contributed by atoms with Crippen molar-refractivity contribution in [3.05, 3.63) is 0 Å². The third kappa shape index (κ3) is 2.53. The Kier molecular flexibility index (Phi) is 5.31. The minimum absolute atomic E-state index is 0.0293. The molecule has 0 aromatic heterocycles. The standard InChI is InChI=1S/C11H18Br2Cl2/c1-3-4-8(2)5-9-10(6-14,7-15)11(9,12)13/h8-9H,3-7H2,1-2H3. The van der Waals surface area contributed by atoms with Crippen LogP contribution in [0.1, 0.15) is 33.1 Å². The molecule has 1 saturated carbocycles. The number of halogens is 4. The summed E-state index contributed by atoms with van der Waals surface area (Å²) in [5.41, 5.74) is 0.0398. The van der Waals surface area contributed by atoms with Gasteiger partial charge in [0.2, 0.25) is 0 Å². The molecule has 1 aliphatic rings. The van der Waals surface area contributed by atoms with Gasteiger partial charge in [-0.2, -0.15) is 0 Å². The lowest BCUT2D eigenvalue weighted by Gasteiger charge is -2.12. The van der Waals surface area contributed by atoms with Gasteiger partial charge in [-0.3, -0.25) is 0 Å². The number of hydrogen-bond donors (Lipinski definition) is 0. The Morgan fingerprint density at radius 3 is 2.13 bits per heavy atom. The van der Waals surface area contributed by atoms with E-state index in [4.69, 9.17) is 23.2 Å². The second-order valence-electron chi connectivity index (χ2n) is 4.73. The first-order valence-electron chi connectivity index (χ1n) is 5.46. The minimum atomic E-state index is -0.0293. The quantitative estimate of drug-likeness (QED) is 0.542. The van der Waals surface area contributed by atoms with E-state index in [1.165, 1.54) is 19.3 Å². The van der Waals surface area contributed by atoms with Gasteiger partial charge in [0.1, 0.15) is 0 Å². The van der Waals surface area contributed by atoms with Crippen LogP contribution in [0.4, 0.5) is 0 Å². The average molecular weight is 381 g/mol. The molecule has 90 valence electrons. The van der Waals surface area contributed by atoms with Gasteiger partial charge >= 0.3 is 0 Å². The topological polar surface area (TPSA) is 0 Å². The van der Waals surface area contributed by atoms with Crippen LogP contribution in [-0.4, -0.2) is 15.0 Å². The van der Waals surface area contributed by atoms with E-state index in [0.29, 0.717) is 17.7 Å². The highest BCUT2D eigenvalue weighted by Gasteiger charge is 2.73. The number of alkyl halides is 4. The molecule has 0 aromatic carbocycles. The predicted octanol–water partition coefficient (Wildman–Crippen LogP) is 5.39. The molecule has 4 heteroatoms. The fourth-order valence-electron chi connectivity index (χ4n) is 2.38. The van der Waals surface area contributed by atoms with Crippen molar-refractivity contribution in [1.29, 1.82) is 0 Å². The highest BCUT2D eigenvalue weighted by Crippen LogP contribution is 2.74. The Labute approximate surface area is 120 Å². The largest absolute Gasteiger partial charge is 0.126 e. The molecule has 0 nitrogen and oxygen atoms in total. The van der Waals surface area contributed by atoms with Gasteiger partial charge in [0.05, 0.1) is 3.23 Å². The van der Waals surface area contributed by atoms with Gasteiger partial charge in [-0.25, -0.2) is 0 Å². The summed E-state index contributed by atoms with van der Waals surface area (Å²) >= 11 is 19.6. The maximum absolute atomic E-state index is 6.05. The molecule has 0 spiro atoms. The molecular formula is C11H18Br2Cl2. The highest BCUT2D eigenvalue weighted by atomic mass is 79.9. The SMILES string of the molecule is CCCC(C)CC1C(Br)(Br)C1(CCl)CCl. The zero-order valence-electron chi connectivity index (χ0n) is 9.20. The lowest BCUT2D eigenvalue weighted by Crippen LogP contribution is -2.13. The zero-order chi connectivity index (χ0) is 11.7. The molecule has 0 bridgehead atoms. The van der Waals surface area contributed by atoms with Gasteiger partial charge < -0.3 is 0 Å². The van der Waals surface area contributed by atoms with Crippen LogP contribution in [0.3, 0.4) is 0 Å². The molecular weight excluding hydrogens is 363 g/mol. The van der Waals surface area contributed by atoms with Crippen molar-refractivity contribution in [2.75, 3.05) is 11.8 Å². The summed E-state index contributed by atoms with van der Waals surface area (Å²) < 4.78 is -0.0293. The third-order valence-electron chi connectivity index (χ3n) is 3.58. The van der Waals surface area contributed by atoms with Gasteiger partial charge in [-0.05, 0) is 18.3 Å². The van der Waals surface area contributed by atoms with E-state index in [1.807, 2.05) is 0 Å². The number of hydrogen-bond acceptors (Lipinski definition) is 0. The molecule has 2 atom stereocenters. The lowest BCUT2D eigenvalue weighted by atomic mass is 9.96. The maximum Gasteiger partial charge on any atom is 0.0922 e. The van der Waals surface area contributed by atoms with E-state index in [0.717, 1.165) is 5.92 Å². The fourth-order valence-corrected chi connectivity index (χ4v) is 6.24. The molecule has 1 fully saturated rings. The summed E-state index contributed by atoms with van der Waals surface area (Å²) in [6, 6.07) is 0. The summed E-state index contributed by atoms with van der Waals surface area (Å²) in [7, 11) is 0. The summed E-state index contributed by atoms with van der Waals surface area (Å²) in [6.07, 6.45) is 3.73. The molecule has 0 heterocycles. The Bertz CT molecular complexity index is 215. The molecule has 15 heavy (non-hydrogen) atoms. The van der Waals surface area contributed by atoms with Crippen molar-refractivity contribution in [2.24, 2.45) is 17.3 Å². The van der Waals surface area contributed by atoms with Crippen LogP contribution in [0, 0.1) is 17.3 Å². The lowest BCUT2D eigenvalue weighted by molar-refractivity contribution is 0.418. The van der Waals surface area contributed by atoms with Crippen molar-refractivity contribution < 1.29 is 0 Å². The smallest absolute Gasteiger partial charge is 0.0922 e. The van der Waals surface area contributed by atoms with Crippen LogP contribution in [0.2, 0.25) is 0 Å². The van der Waals surface area contributed by atoms with E-state index in [-0.39, 0.29) is 8.65 Å². The summed E-state index contributed by atoms with van der Waals surface area (Å²) in [5.74, 6) is 2.55. The van der Waals surface area contributed by atoms with Gasteiger partial charge in [-0.15, -0.1) is 23.2 Å². The van der Waals surface area contributed by atoms with E-state index in [1.54, 1.807) is 0 Å². The predicted molar refractivity (Wildman–Crippen MR) is 76.6 cm³/mol. The van der Waals surface area contributed by atoms with E-state index >= 15 is 0 Å². The van der Waals surface area contributed by atoms with Crippen LogP contribution in [0.5, 0.6) is 0 Å². The molecule has 0 aromatic rings. The Balaban J connectivity index is 2.58. The van der Waals surface area contributed by atoms with Crippen molar-refractivity contribution in [2.45, 2.75) is 36.3 Å². The van der Waals surface area contributed by atoms with Crippen molar-refractivity contribution in [3.8, 4) is 0 Å². The minimum Gasteiger partial charge on any atom is -0.126 e. The normalized spacial score (nSPS) is 28.8. The van der Waals surface area contributed by atoms with Crippen LogP contribution in [-0.2, 0) is 0 Å². The summed E-state index contributed by atoms with van der Waals surface area (Å²) in [4.78, 5) is 0. The van der Waals surface area contributed by atoms with E-state index in [2.05, 4.69) is 45.7 Å². The Morgan fingerprint density at radius 1 is 1.27 bits per heavy atom. The van der Waals surface area contributed by atoms with Crippen molar-refractivity contribution in [3.63, 3.8) is 0 Å². The summed E-state index contributed by atoms with van der Waals surface area (Å²) in [5, 5.41) is 0. The Morgan fingerprint density at radius 2 is 1.80 bits per heavy atom. The highest BCUT2D eigenvalue weighted by molar-refractivity contribution is 9.25. The van der Waals surface area contributed by atoms with Gasteiger partial charge in [-0.1, -0.05) is 58.5 Å². The molecule has 0 radical (unpaired) electrons. The van der Waals surface area contributed by atoms with Crippen molar-refractivity contribution >= 4 is 55.1 Å². The van der Waals surface area contributed by atoms with E-state index in [9.17, 15) is 0 Å². The first-order valence-corrected chi connectivity index (χ1v) is 8.11. The number of rotatable bonds is 6. The molecule has 1 aliphatic carbocycles. The monoisotopic (exact) mass is 378 g/mol. The molecule has 0 aliphatic heterocycles. The maximum atomic E-state index is 6.05. The van der Waals surface area contributed by atoms with Crippen LogP contribution in [0.15, 0.2) is 0 Å². The van der Waals surface area contributed by atoms with Gasteiger partial charge in [0.15, 0.2) is 0 Å². The first-order chi connectivity index (χ1) is 6.96. The van der Waals surface area contributed by atoms with Gasteiger partial charge in [0, 0.05) is 17.2 Å². The van der Waals surface area contributed by atoms with Crippen molar-refractivity contribution in [1.82, 2.24) is 0 Å². The van der Waals surface area contributed by atoms with Crippen LogP contribution < -0.4 is 0 Å².